The van der Waals surface area contributed by atoms with Crippen molar-refractivity contribution in [1.29, 1.82) is 0 Å². The first kappa shape index (κ1) is 13.9. The minimum Gasteiger partial charge on any atom is -0.320 e. The van der Waals surface area contributed by atoms with E-state index in [2.05, 4.69) is 15.3 Å². The van der Waals surface area contributed by atoms with E-state index in [0.717, 1.165) is 0 Å². The molecule has 0 aliphatic rings. The number of aryl methyl sites for hydroxylation is 1. The molecule has 1 rings (SSSR count). The number of carbonyl (C=O) groups is 1. The van der Waals surface area contributed by atoms with Gasteiger partial charge >= 0.3 is 0 Å². The van der Waals surface area contributed by atoms with Crippen LogP contribution in [0, 0.1) is 12.8 Å². The molecule has 0 bridgehead atoms. The van der Waals surface area contributed by atoms with Crippen molar-refractivity contribution >= 4 is 23.5 Å². The first-order valence-corrected chi connectivity index (χ1v) is 5.84. The summed E-state index contributed by atoms with van der Waals surface area (Å²) in [4.78, 5) is 19.7. The molecule has 0 aliphatic heterocycles. The summed E-state index contributed by atoms with van der Waals surface area (Å²) in [7, 11) is 0. The number of amides is 1. The number of nitrogens with two attached hydrogens (primary N) is 1. The van der Waals surface area contributed by atoms with Crippen molar-refractivity contribution in [1.82, 2.24) is 9.97 Å². The Bertz CT molecular complexity index is 388. The predicted molar refractivity (Wildman–Crippen MR) is 67.8 cm³/mol. The molecule has 1 amide bonds. The molecule has 1 atom stereocenters. The maximum absolute atomic E-state index is 11.7. The van der Waals surface area contributed by atoms with Gasteiger partial charge in [-0.25, -0.2) is 9.97 Å². The molecule has 3 N–H and O–H groups in total. The summed E-state index contributed by atoms with van der Waals surface area (Å²) >= 11 is 5.76. The molecule has 1 aromatic rings. The Labute approximate surface area is 106 Å². The van der Waals surface area contributed by atoms with Gasteiger partial charge in [0.25, 0.3) is 0 Å². The van der Waals surface area contributed by atoms with E-state index >= 15 is 0 Å². The highest BCUT2D eigenvalue weighted by molar-refractivity contribution is 6.29. The lowest BCUT2D eigenvalue weighted by molar-refractivity contribution is -0.117. The van der Waals surface area contributed by atoms with Crippen LogP contribution in [0.4, 0.5) is 5.95 Å². The van der Waals surface area contributed by atoms with Crippen molar-refractivity contribution in [2.24, 2.45) is 11.7 Å². The van der Waals surface area contributed by atoms with Gasteiger partial charge in [0.1, 0.15) is 5.15 Å². The van der Waals surface area contributed by atoms with E-state index in [0.29, 0.717) is 23.2 Å². The SMILES string of the molecule is Cc1cc(Cl)nc(NC(=O)C(N)CC(C)C)n1. The highest BCUT2D eigenvalue weighted by Crippen LogP contribution is 2.10. The molecule has 5 nitrogen and oxygen atoms in total. The Hall–Kier alpha value is -1.20. The van der Waals surface area contributed by atoms with Gasteiger partial charge < -0.3 is 5.73 Å². The van der Waals surface area contributed by atoms with Crippen LogP contribution in [0.25, 0.3) is 0 Å². The van der Waals surface area contributed by atoms with Crippen molar-refractivity contribution in [3.05, 3.63) is 16.9 Å². The summed E-state index contributed by atoms with van der Waals surface area (Å²) in [5, 5.41) is 2.85. The van der Waals surface area contributed by atoms with Crippen molar-refractivity contribution in [2.45, 2.75) is 33.2 Å². The maximum atomic E-state index is 11.7. The van der Waals surface area contributed by atoms with Gasteiger partial charge in [-0.1, -0.05) is 25.4 Å². The van der Waals surface area contributed by atoms with Gasteiger partial charge in [0.05, 0.1) is 6.04 Å². The summed E-state index contributed by atoms with van der Waals surface area (Å²) in [6.07, 6.45) is 0.616. The molecule has 6 heteroatoms. The second-order valence-corrected chi connectivity index (χ2v) is 4.77. The number of carbonyl (C=O) groups excluding carboxylic acids is 1. The van der Waals surface area contributed by atoms with Gasteiger partial charge in [0.15, 0.2) is 0 Å². The molecule has 1 heterocycles. The van der Waals surface area contributed by atoms with E-state index in [1.54, 1.807) is 13.0 Å². The summed E-state index contributed by atoms with van der Waals surface area (Å²) in [6.45, 7) is 5.79. The number of anilines is 1. The maximum Gasteiger partial charge on any atom is 0.243 e. The smallest absolute Gasteiger partial charge is 0.243 e. The number of aromatic nitrogens is 2. The second kappa shape index (κ2) is 5.93. The summed E-state index contributed by atoms with van der Waals surface area (Å²) in [5.74, 6) is 0.261. The fourth-order valence-electron chi connectivity index (χ4n) is 1.40. The second-order valence-electron chi connectivity index (χ2n) is 4.38. The van der Waals surface area contributed by atoms with Crippen molar-refractivity contribution in [3.8, 4) is 0 Å². The third kappa shape index (κ3) is 4.66. The van der Waals surface area contributed by atoms with Gasteiger partial charge in [0.2, 0.25) is 11.9 Å². The summed E-state index contributed by atoms with van der Waals surface area (Å²) in [5.41, 5.74) is 6.43. The highest BCUT2D eigenvalue weighted by atomic mass is 35.5. The van der Waals surface area contributed by atoms with E-state index in [-0.39, 0.29) is 11.9 Å². The van der Waals surface area contributed by atoms with Gasteiger partial charge in [-0.3, -0.25) is 10.1 Å². The van der Waals surface area contributed by atoms with Crippen LogP contribution in [0.3, 0.4) is 0 Å². The molecule has 1 unspecified atom stereocenters. The molecule has 0 radical (unpaired) electrons. The number of nitrogens with one attached hydrogen (secondary N) is 1. The fraction of sp³-hybridized carbons (Fsp3) is 0.545. The van der Waals surface area contributed by atoms with E-state index < -0.39 is 6.04 Å². The van der Waals surface area contributed by atoms with Crippen LogP contribution in [0.5, 0.6) is 0 Å². The first-order valence-electron chi connectivity index (χ1n) is 5.46. The molecule has 17 heavy (non-hydrogen) atoms. The van der Waals surface area contributed by atoms with Crippen LogP contribution < -0.4 is 11.1 Å². The molecule has 0 saturated heterocycles. The summed E-state index contributed by atoms with van der Waals surface area (Å²) in [6, 6.07) is 1.06. The monoisotopic (exact) mass is 256 g/mol. The normalized spacial score (nSPS) is 12.6. The molecule has 0 aromatic carbocycles. The van der Waals surface area contributed by atoms with Crippen molar-refractivity contribution < 1.29 is 4.79 Å². The van der Waals surface area contributed by atoms with E-state index in [9.17, 15) is 4.79 Å². The lowest BCUT2D eigenvalue weighted by Crippen LogP contribution is -2.37. The third-order valence-corrected chi connectivity index (χ3v) is 2.31. The Morgan fingerprint density at radius 3 is 2.71 bits per heavy atom. The third-order valence-electron chi connectivity index (χ3n) is 2.12. The number of nitrogens with zero attached hydrogens (tertiary/aromatic N) is 2. The van der Waals surface area contributed by atoms with Crippen LogP contribution in [0.1, 0.15) is 26.0 Å². The fourth-order valence-corrected chi connectivity index (χ4v) is 1.64. The van der Waals surface area contributed by atoms with Gasteiger partial charge in [0, 0.05) is 5.69 Å². The number of rotatable bonds is 4. The minimum absolute atomic E-state index is 0.194. The molecular weight excluding hydrogens is 240 g/mol. The number of hydrogen-bond donors (Lipinski definition) is 2. The lowest BCUT2D eigenvalue weighted by Gasteiger charge is -2.13. The molecule has 94 valence electrons. The molecular formula is C11H17ClN4O. The lowest BCUT2D eigenvalue weighted by atomic mass is 10.0. The minimum atomic E-state index is -0.558. The summed E-state index contributed by atoms with van der Waals surface area (Å²) < 4.78 is 0. The zero-order chi connectivity index (χ0) is 13.0. The Balaban J connectivity index is 2.67. The largest absolute Gasteiger partial charge is 0.320 e. The van der Waals surface area contributed by atoms with Gasteiger partial charge in [-0.05, 0) is 25.3 Å². The van der Waals surface area contributed by atoms with Crippen molar-refractivity contribution in [3.63, 3.8) is 0 Å². The average Bonchev–Trinajstić information content (AvgIpc) is 2.14. The van der Waals surface area contributed by atoms with Crippen LogP contribution in [-0.2, 0) is 4.79 Å². The number of halogens is 1. The Morgan fingerprint density at radius 2 is 2.18 bits per heavy atom. The van der Waals surface area contributed by atoms with Crippen LogP contribution in [-0.4, -0.2) is 21.9 Å². The predicted octanol–water partition coefficient (Wildman–Crippen LogP) is 1.75. The van der Waals surface area contributed by atoms with E-state index in [1.165, 1.54) is 0 Å². The van der Waals surface area contributed by atoms with Crippen molar-refractivity contribution in [2.75, 3.05) is 5.32 Å². The topological polar surface area (TPSA) is 80.9 Å². The molecule has 0 saturated carbocycles. The Kier molecular flexibility index (Phi) is 4.84. The van der Waals surface area contributed by atoms with Gasteiger partial charge in [-0.2, -0.15) is 0 Å². The Morgan fingerprint density at radius 1 is 1.53 bits per heavy atom. The van der Waals surface area contributed by atoms with Gasteiger partial charge in [-0.15, -0.1) is 0 Å². The molecule has 0 spiro atoms. The number of hydrogen-bond acceptors (Lipinski definition) is 4. The highest BCUT2D eigenvalue weighted by Gasteiger charge is 2.16. The molecule has 0 fully saturated rings. The van der Waals surface area contributed by atoms with Crippen LogP contribution >= 0.6 is 11.6 Å². The quantitative estimate of drug-likeness (QED) is 0.805. The van der Waals surface area contributed by atoms with Crippen LogP contribution in [0.2, 0.25) is 5.15 Å². The van der Waals surface area contributed by atoms with E-state index in [1.807, 2.05) is 13.8 Å². The molecule has 0 aliphatic carbocycles. The van der Waals surface area contributed by atoms with Crippen LogP contribution in [0.15, 0.2) is 6.07 Å². The zero-order valence-corrected chi connectivity index (χ0v) is 11.0. The average molecular weight is 257 g/mol. The standard InChI is InChI=1S/C11H17ClN4O/c1-6(2)4-8(13)10(17)16-11-14-7(3)5-9(12)15-11/h5-6,8H,4,13H2,1-3H3,(H,14,15,16,17). The zero-order valence-electron chi connectivity index (χ0n) is 10.2. The molecule has 1 aromatic heterocycles. The van der Waals surface area contributed by atoms with E-state index in [4.69, 9.17) is 17.3 Å². The first-order chi connectivity index (χ1) is 7.88.